The molecule has 3 rings (SSSR count). The Hall–Kier alpha value is -0.620. The monoisotopic (exact) mass is 314 g/mol. The molecule has 2 aliphatic rings. The third-order valence-corrected chi connectivity index (χ3v) is 5.57. The summed E-state index contributed by atoms with van der Waals surface area (Å²) in [4.78, 5) is 1.82. The van der Waals surface area contributed by atoms with Gasteiger partial charge in [0.05, 0.1) is 15.1 Å². The van der Waals surface area contributed by atoms with Crippen LogP contribution in [0.1, 0.15) is 35.4 Å². The van der Waals surface area contributed by atoms with Gasteiger partial charge in [-0.15, -0.1) is 0 Å². The predicted molar refractivity (Wildman–Crippen MR) is 78.0 cm³/mol. The Bertz CT molecular complexity index is 577. The predicted octanol–water partition coefficient (Wildman–Crippen LogP) is 4.41. The second kappa shape index (κ2) is 5.05. The first kappa shape index (κ1) is 13.4. The molecule has 1 unspecified atom stereocenters. The van der Waals surface area contributed by atoms with Gasteiger partial charge in [0.1, 0.15) is 0 Å². The zero-order valence-corrected chi connectivity index (χ0v) is 12.6. The highest BCUT2D eigenvalue weighted by Crippen LogP contribution is 2.46. The van der Waals surface area contributed by atoms with Crippen LogP contribution in [-0.2, 0) is 12.8 Å². The number of benzene rings is 1. The van der Waals surface area contributed by atoms with Crippen LogP contribution in [0.15, 0.2) is 0 Å². The van der Waals surface area contributed by atoms with Crippen molar-refractivity contribution < 1.29 is 0 Å². The van der Waals surface area contributed by atoms with Gasteiger partial charge in [-0.3, -0.25) is 0 Å². The van der Waals surface area contributed by atoms with Gasteiger partial charge in [0.15, 0.2) is 6.19 Å². The highest BCUT2D eigenvalue weighted by Gasteiger charge is 2.32. The van der Waals surface area contributed by atoms with Gasteiger partial charge in [-0.25, -0.2) is 0 Å². The van der Waals surface area contributed by atoms with Gasteiger partial charge in [-0.1, -0.05) is 34.8 Å². The molecule has 100 valence electrons. The topological polar surface area (TPSA) is 27.0 Å². The third-order valence-electron chi connectivity index (χ3n) is 4.17. The average molecular weight is 316 g/mol. The smallest absolute Gasteiger partial charge is 0.179 e. The molecule has 0 spiro atoms. The lowest BCUT2D eigenvalue weighted by Crippen LogP contribution is -2.24. The third kappa shape index (κ3) is 2.09. The normalized spacial score (nSPS) is 21.6. The summed E-state index contributed by atoms with van der Waals surface area (Å²) in [5.74, 6) is 0.355. The molecule has 1 aliphatic heterocycles. The first-order chi connectivity index (χ1) is 9.13. The maximum Gasteiger partial charge on any atom is 0.179 e. The van der Waals surface area contributed by atoms with Crippen LogP contribution in [0, 0.1) is 11.5 Å². The van der Waals surface area contributed by atoms with Crippen molar-refractivity contribution in [1.82, 2.24) is 4.90 Å². The number of rotatable bonds is 0. The molecule has 0 fully saturated rings. The lowest BCUT2D eigenvalue weighted by Gasteiger charge is -2.29. The van der Waals surface area contributed by atoms with Gasteiger partial charge in [0.25, 0.3) is 0 Å². The van der Waals surface area contributed by atoms with Gasteiger partial charge in [-0.05, 0) is 42.4 Å². The van der Waals surface area contributed by atoms with Crippen LogP contribution in [0.4, 0.5) is 0 Å². The van der Waals surface area contributed by atoms with E-state index in [0.29, 0.717) is 27.5 Å². The van der Waals surface area contributed by atoms with Crippen LogP contribution in [0.2, 0.25) is 15.1 Å². The molecule has 0 aromatic heterocycles. The molecular formula is C14H13Cl3N2. The Labute approximate surface area is 127 Å². The van der Waals surface area contributed by atoms with Crippen LogP contribution >= 0.6 is 34.8 Å². The van der Waals surface area contributed by atoms with Crippen molar-refractivity contribution in [2.75, 3.05) is 13.1 Å². The van der Waals surface area contributed by atoms with Gasteiger partial charge >= 0.3 is 0 Å². The Balaban J connectivity index is 2.22. The molecule has 0 saturated carbocycles. The Morgan fingerprint density at radius 2 is 1.74 bits per heavy atom. The van der Waals surface area contributed by atoms with Crippen molar-refractivity contribution in [3.05, 3.63) is 31.8 Å². The second-order valence-electron chi connectivity index (χ2n) is 5.20. The minimum absolute atomic E-state index is 0.355. The maximum absolute atomic E-state index is 9.16. The van der Waals surface area contributed by atoms with Crippen LogP contribution in [-0.4, -0.2) is 18.0 Å². The van der Waals surface area contributed by atoms with Crippen molar-refractivity contribution in [1.29, 1.82) is 5.26 Å². The fourth-order valence-corrected chi connectivity index (χ4v) is 4.17. The molecular weight excluding hydrogens is 303 g/mol. The minimum atomic E-state index is 0.355. The summed E-state index contributed by atoms with van der Waals surface area (Å²) in [5, 5.41) is 10.8. The lowest BCUT2D eigenvalue weighted by atomic mass is 9.80. The van der Waals surface area contributed by atoms with Gasteiger partial charge in [0, 0.05) is 19.0 Å². The number of nitriles is 1. The Morgan fingerprint density at radius 1 is 1.05 bits per heavy atom. The molecule has 19 heavy (non-hydrogen) atoms. The summed E-state index contributed by atoms with van der Waals surface area (Å²) in [7, 11) is 0. The zero-order chi connectivity index (χ0) is 13.6. The molecule has 0 saturated heterocycles. The molecule has 2 nitrogen and oxygen atoms in total. The van der Waals surface area contributed by atoms with Crippen LogP contribution in [0.5, 0.6) is 0 Å². The molecule has 0 amide bonds. The van der Waals surface area contributed by atoms with Crippen molar-refractivity contribution in [2.24, 2.45) is 0 Å². The molecule has 1 aromatic carbocycles. The van der Waals surface area contributed by atoms with Gasteiger partial charge in [0.2, 0.25) is 0 Å². The largest absolute Gasteiger partial charge is 0.310 e. The molecule has 1 atom stereocenters. The molecule has 5 heteroatoms. The number of halogens is 3. The van der Waals surface area contributed by atoms with E-state index in [1.807, 2.05) is 4.90 Å². The van der Waals surface area contributed by atoms with E-state index < -0.39 is 0 Å². The van der Waals surface area contributed by atoms with E-state index in [1.54, 1.807) is 0 Å². The Kier molecular flexibility index (Phi) is 3.55. The van der Waals surface area contributed by atoms with Crippen molar-refractivity contribution >= 4 is 34.8 Å². The summed E-state index contributed by atoms with van der Waals surface area (Å²) in [6.07, 6.45) is 6.17. The summed E-state index contributed by atoms with van der Waals surface area (Å²) in [5.41, 5.74) is 3.53. The zero-order valence-electron chi connectivity index (χ0n) is 10.3. The van der Waals surface area contributed by atoms with E-state index in [9.17, 15) is 0 Å². The van der Waals surface area contributed by atoms with Crippen molar-refractivity contribution in [3.63, 3.8) is 0 Å². The van der Waals surface area contributed by atoms with E-state index in [0.717, 1.165) is 43.4 Å². The highest BCUT2D eigenvalue weighted by atomic mass is 35.5. The van der Waals surface area contributed by atoms with Gasteiger partial charge < -0.3 is 4.90 Å². The molecule has 1 aromatic rings. The van der Waals surface area contributed by atoms with E-state index in [1.165, 1.54) is 5.56 Å². The lowest BCUT2D eigenvalue weighted by molar-refractivity contribution is 0.361. The van der Waals surface area contributed by atoms with Crippen LogP contribution in [0.3, 0.4) is 0 Å². The van der Waals surface area contributed by atoms with E-state index in [4.69, 9.17) is 40.1 Å². The van der Waals surface area contributed by atoms with Crippen molar-refractivity contribution in [3.8, 4) is 6.19 Å². The molecule has 0 N–H and O–H groups in total. The minimum Gasteiger partial charge on any atom is -0.310 e. The summed E-state index contributed by atoms with van der Waals surface area (Å²) >= 11 is 19.0. The molecule has 1 heterocycles. The Morgan fingerprint density at radius 3 is 2.42 bits per heavy atom. The van der Waals surface area contributed by atoms with E-state index in [-0.39, 0.29) is 0 Å². The molecule has 0 bridgehead atoms. The maximum atomic E-state index is 9.16. The summed E-state index contributed by atoms with van der Waals surface area (Å²) in [6.45, 7) is 1.47. The van der Waals surface area contributed by atoms with Crippen LogP contribution < -0.4 is 0 Å². The van der Waals surface area contributed by atoms with E-state index >= 15 is 0 Å². The first-order valence-electron chi connectivity index (χ1n) is 6.46. The van der Waals surface area contributed by atoms with Gasteiger partial charge in [-0.2, -0.15) is 5.26 Å². The quantitative estimate of drug-likeness (QED) is 0.524. The first-order valence-corrected chi connectivity index (χ1v) is 7.59. The number of hydrogen-bond acceptors (Lipinski definition) is 2. The summed E-state index contributed by atoms with van der Waals surface area (Å²) < 4.78 is 0. The van der Waals surface area contributed by atoms with Crippen LogP contribution in [0.25, 0.3) is 0 Å². The number of hydrogen-bond donors (Lipinski definition) is 0. The summed E-state index contributed by atoms with van der Waals surface area (Å²) in [6, 6.07) is 0. The standard InChI is InChI=1S/C14H13Cl3N2/c15-12-9-3-1-2-8-6-19(7-18)5-4-10(11(8)9)13(16)14(12)17/h8H,1-6H2. The van der Waals surface area contributed by atoms with E-state index in [2.05, 4.69) is 6.19 Å². The SMILES string of the molecule is N#CN1CCc2c(Cl)c(Cl)c(Cl)c3c2C(CCC3)C1. The number of nitrogens with zero attached hydrogens (tertiary/aromatic N) is 2. The van der Waals surface area contributed by atoms with Crippen molar-refractivity contribution in [2.45, 2.75) is 31.6 Å². The highest BCUT2D eigenvalue weighted by molar-refractivity contribution is 6.48. The average Bonchev–Trinajstić information content (AvgIpc) is 2.62. The molecule has 0 radical (unpaired) electrons. The fraction of sp³-hybridized carbons (Fsp3) is 0.500. The fourth-order valence-electron chi connectivity index (χ4n) is 3.31. The molecule has 1 aliphatic carbocycles. The second-order valence-corrected chi connectivity index (χ2v) is 6.33.